The molecule has 0 saturated carbocycles. The zero-order chi connectivity index (χ0) is 69.6. The number of hydrogen-bond acceptors (Lipinski definition) is 3. The lowest BCUT2D eigenvalue weighted by atomic mass is 9.99. The molecule has 0 radical (unpaired) electrons. The largest absolute Gasteiger partial charge is 0.311 e. The van der Waals surface area contributed by atoms with Crippen LogP contribution in [0.15, 0.2) is 419 Å². The molecule has 2 aromatic heterocycles. The Bertz CT molecular complexity index is 6310. The van der Waals surface area contributed by atoms with Crippen molar-refractivity contribution in [2.24, 2.45) is 0 Å². The average Bonchev–Trinajstić information content (AvgIpc) is 1.59. The van der Waals surface area contributed by atoms with E-state index in [9.17, 15) is 0 Å². The van der Waals surface area contributed by atoms with E-state index in [-0.39, 0.29) is 0 Å². The Labute approximate surface area is 611 Å². The molecule has 0 amide bonds. The molecule has 0 aliphatic carbocycles. The van der Waals surface area contributed by atoms with E-state index in [1.807, 2.05) is 0 Å². The Morgan fingerprint density at radius 3 is 0.762 bits per heavy atom. The number of fused-ring (bicyclic) bond motifs is 7. The molecule has 0 aliphatic rings. The Kier molecular flexibility index (Phi) is 15.9. The predicted molar refractivity (Wildman–Crippen MR) is 444 cm³/mol. The van der Waals surface area contributed by atoms with E-state index in [2.05, 4.69) is 442 Å². The summed E-state index contributed by atoms with van der Waals surface area (Å²) in [4.78, 5) is 7.06. The van der Waals surface area contributed by atoms with Crippen molar-refractivity contribution in [1.29, 1.82) is 0 Å². The second kappa shape index (κ2) is 26.8. The van der Waals surface area contributed by atoms with Gasteiger partial charge in [-0.1, -0.05) is 255 Å². The van der Waals surface area contributed by atoms with E-state index in [4.69, 9.17) is 0 Å². The van der Waals surface area contributed by atoms with Gasteiger partial charge in [-0.05, 0) is 225 Å². The van der Waals surface area contributed by atoms with Crippen LogP contribution in [-0.2, 0) is 0 Å². The first-order chi connectivity index (χ1) is 52.1. The molecule has 17 aromatic carbocycles. The molecule has 0 N–H and O–H groups in total. The van der Waals surface area contributed by atoms with E-state index in [1.54, 1.807) is 0 Å². The Balaban J connectivity index is 0.558. The van der Waals surface area contributed by atoms with Crippen LogP contribution in [0.2, 0.25) is 0 Å². The SMILES string of the molecule is c1ccc(N(c2ccc(-c3ccc(-c4ccc(N(c5ccc(-c6ccc7c(c6)c6ccccc6n7-c6ccccc6)cc5)c5cccc6ccccc56)cc4)cc3)cc2)c2ccc(-c3ccc(N(c4ccccc4)c4ccc(-c5ccc6c(c5)c5ccccc5n6-c5ccccc5)cc4)cc3)cc2)cc1. The fraction of sp³-hybridized carbons (Fsp3) is 0. The maximum absolute atomic E-state index is 2.39. The average molecular weight is 1340 g/mol. The van der Waals surface area contributed by atoms with Crippen molar-refractivity contribution < 1.29 is 0 Å². The second-order valence-electron chi connectivity index (χ2n) is 26.9. The van der Waals surface area contributed by atoms with Gasteiger partial charge in [0.2, 0.25) is 0 Å². The number of hydrogen-bond donors (Lipinski definition) is 0. The molecule has 0 aliphatic heterocycles. The van der Waals surface area contributed by atoms with E-state index in [0.717, 1.165) is 95.9 Å². The summed E-state index contributed by atoms with van der Waals surface area (Å²) in [6.07, 6.45) is 0. The van der Waals surface area contributed by atoms with Gasteiger partial charge < -0.3 is 23.8 Å². The van der Waals surface area contributed by atoms with Gasteiger partial charge in [0, 0.05) is 83.8 Å². The topological polar surface area (TPSA) is 19.6 Å². The molecule has 0 saturated heterocycles. The summed E-state index contributed by atoms with van der Waals surface area (Å²) in [5.41, 5.74) is 28.6. The Morgan fingerprint density at radius 2 is 0.400 bits per heavy atom. The van der Waals surface area contributed by atoms with Crippen LogP contribution in [0, 0.1) is 0 Å². The number of aromatic nitrogens is 2. The van der Waals surface area contributed by atoms with E-state index >= 15 is 0 Å². The van der Waals surface area contributed by atoms with E-state index in [1.165, 1.54) is 76.6 Å². The number of nitrogens with zero attached hydrogens (tertiary/aromatic N) is 5. The summed E-state index contributed by atoms with van der Waals surface area (Å²) in [5.74, 6) is 0. The van der Waals surface area contributed by atoms with Gasteiger partial charge in [-0.3, -0.25) is 0 Å². The predicted octanol–water partition coefficient (Wildman–Crippen LogP) is 27.8. The molecule has 5 nitrogen and oxygen atoms in total. The van der Waals surface area contributed by atoms with Gasteiger partial charge in [-0.15, -0.1) is 0 Å². The van der Waals surface area contributed by atoms with Crippen LogP contribution in [0.5, 0.6) is 0 Å². The summed E-state index contributed by atoms with van der Waals surface area (Å²) in [7, 11) is 0. The third-order valence-corrected chi connectivity index (χ3v) is 20.7. The number of anilines is 9. The number of rotatable bonds is 16. The molecular weight excluding hydrogens is 1270 g/mol. The highest BCUT2D eigenvalue weighted by Gasteiger charge is 2.21. The van der Waals surface area contributed by atoms with Crippen molar-refractivity contribution in [2.45, 2.75) is 0 Å². The van der Waals surface area contributed by atoms with Crippen molar-refractivity contribution in [3.8, 4) is 67.0 Å². The molecule has 0 atom stereocenters. The first kappa shape index (κ1) is 62.0. The van der Waals surface area contributed by atoms with Gasteiger partial charge in [-0.2, -0.15) is 0 Å². The smallest absolute Gasteiger partial charge is 0.0541 e. The monoisotopic (exact) mass is 1340 g/mol. The van der Waals surface area contributed by atoms with Crippen LogP contribution in [-0.4, -0.2) is 9.13 Å². The summed E-state index contributed by atoms with van der Waals surface area (Å²) >= 11 is 0. The van der Waals surface area contributed by atoms with Crippen molar-refractivity contribution in [1.82, 2.24) is 9.13 Å². The minimum atomic E-state index is 1.08. The van der Waals surface area contributed by atoms with Gasteiger partial charge >= 0.3 is 0 Å². The Hall–Kier alpha value is -14.0. The third kappa shape index (κ3) is 11.6. The molecule has 494 valence electrons. The minimum Gasteiger partial charge on any atom is -0.311 e. The summed E-state index contributed by atoms with van der Waals surface area (Å²) in [5, 5.41) is 7.37. The summed E-state index contributed by atoms with van der Waals surface area (Å²) < 4.78 is 4.74. The standard InChI is InChI=1S/C100H69N5/c1-5-22-81(23-6-1)101(86-56-42-74(43-57-86)75-44-58-87(59-45-75)102(82-24-7-2-8-25-82)88-60-48-76(49-61-88)79-52-66-99-94(68-79)92-31-15-17-33-97(92)104(99)83-26-9-3-10-27-83)85-54-40-72(41-55-85)70-36-38-71(39-37-70)73-46-62-89(63-47-73)103(96-35-19-21-78-20-13-14-30-91(78)96)90-64-50-77(51-65-90)80-53-67-100-95(69-80)93-32-16-18-34-98(93)105(100)84-28-11-4-12-29-84/h1-69H. The van der Waals surface area contributed by atoms with Gasteiger partial charge in [0.05, 0.1) is 27.8 Å². The van der Waals surface area contributed by atoms with Crippen LogP contribution in [0.4, 0.5) is 51.2 Å². The van der Waals surface area contributed by atoms with Crippen LogP contribution in [0.3, 0.4) is 0 Å². The second-order valence-corrected chi connectivity index (χ2v) is 26.9. The lowest BCUT2D eigenvalue weighted by Crippen LogP contribution is -2.10. The first-order valence-corrected chi connectivity index (χ1v) is 35.9. The molecular formula is C100H69N5. The van der Waals surface area contributed by atoms with Gasteiger partial charge in [0.25, 0.3) is 0 Å². The zero-order valence-corrected chi connectivity index (χ0v) is 57.6. The molecule has 0 fully saturated rings. The van der Waals surface area contributed by atoms with Crippen molar-refractivity contribution in [2.75, 3.05) is 14.7 Å². The van der Waals surface area contributed by atoms with Crippen molar-refractivity contribution in [3.63, 3.8) is 0 Å². The highest BCUT2D eigenvalue weighted by atomic mass is 15.2. The number of para-hydroxylation sites is 6. The third-order valence-electron chi connectivity index (χ3n) is 20.7. The molecule has 2 heterocycles. The number of benzene rings is 17. The zero-order valence-electron chi connectivity index (χ0n) is 57.6. The van der Waals surface area contributed by atoms with Crippen LogP contribution < -0.4 is 14.7 Å². The lowest BCUT2D eigenvalue weighted by molar-refractivity contribution is 1.18. The van der Waals surface area contributed by atoms with Gasteiger partial charge in [-0.25, -0.2) is 0 Å². The molecule has 0 spiro atoms. The normalized spacial score (nSPS) is 11.4. The van der Waals surface area contributed by atoms with Crippen LogP contribution in [0.1, 0.15) is 0 Å². The molecule has 0 unspecified atom stereocenters. The first-order valence-electron chi connectivity index (χ1n) is 35.9. The molecule has 19 aromatic rings. The summed E-state index contributed by atoms with van der Waals surface area (Å²) in [6.45, 7) is 0. The molecule has 19 rings (SSSR count). The highest BCUT2D eigenvalue weighted by molar-refractivity contribution is 6.12. The summed E-state index contributed by atoms with van der Waals surface area (Å²) in [6, 6.07) is 152. The minimum absolute atomic E-state index is 1.08. The van der Waals surface area contributed by atoms with E-state index < -0.39 is 0 Å². The van der Waals surface area contributed by atoms with Gasteiger partial charge in [0.1, 0.15) is 0 Å². The maximum Gasteiger partial charge on any atom is 0.0541 e. The Morgan fingerprint density at radius 1 is 0.152 bits per heavy atom. The quantitative estimate of drug-likeness (QED) is 0.0961. The fourth-order valence-corrected chi connectivity index (χ4v) is 15.6. The molecule has 105 heavy (non-hydrogen) atoms. The van der Waals surface area contributed by atoms with Gasteiger partial charge in [0.15, 0.2) is 0 Å². The maximum atomic E-state index is 2.39. The molecule has 5 heteroatoms. The lowest BCUT2D eigenvalue weighted by Gasteiger charge is -2.27. The van der Waals surface area contributed by atoms with Crippen molar-refractivity contribution in [3.05, 3.63) is 419 Å². The van der Waals surface area contributed by atoms with E-state index in [0.29, 0.717) is 0 Å². The van der Waals surface area contributed by atoms with Crippen molar-refractivity contribution >= 4 is 106 Å². The fourth-order valence-electron chi connectivity index (χ4n) is 15.6. The van der Waals surface area contributed by atoms with Crippen LogP contribution in [0.25, 0.3) is 121 Å². The molecule has 0 bridgehead atoms. The van der Waals surface area contributed by atoms with Crippen LogP contribution >= 0.6 is 0 Å². The highest BCUT2D eigenvalue weighted by Crippen LogP contribution is 2.45.